The summed E-state index contributed by atoms with van der Waals surface area (Å²) in [7, 11) is -4.08. The Balaban J connectivity index is 2.19. The first-order chi connectivity index (χ1) is 11.2. The number of amides is 1. The Bertz CT molecular complexity index is 947. The van der Waals surface area contributed by atoms with Gasteiger partial charge in [-0.05, 0) is 19.1 Å². The summed E-state index contributed by atoms with van der Waals surface area (Å²) in [6.45, 7) is 1.12. The van der Waals surface area contributed by atoms with Crippen LogP contribution in [0, 0.1) is 17.0 Å². The topological polar surface area (TPSA) is 128 Å². The van der Waals surface area contributed by atoms with E-state index in [0.717, 1.165) is 28.5 Å². The van der Waals surface area contributed by atoms with Crippen molar-refractivity contribution in [2.24, 2.45) is 0 Å². The Morgan fingerprint density at radius 3 is 2.42 bits per heavy atom. The highest BCUT2D eigenvalue weighted by atomic mass is 32.2. The fraction of sp³-hybridized carbons (Fsp3) is 0.143. The molecule has 0 spiro atoms. The first-order valence-electron chi connectivity index (χ1n) is 6.66. The number of nitro groups is 1. The molecule has 1 heterocycles. The lowest BCUT2D eigenvalue weighted by Gasteiger charge is -2.08. The number of nitrogens with zero attached hydrogens (tertiary/aromatic N) is 2. The first-order valence-corrected chi connectivity index (χ1v) is 8.14. The molecule has 2 rings (SSSR count). The molecule has 1 aromatic heterocycles. The summed E-state index contributed by atoms with van der Waals surface area (Å²) in [5, 5.41) is 10.7. The maximum absolute atomic E-state index is 12.1. The average molecular weight is 351 g/mol. The molecule has 0 atom stereocenters. The van der Waals surface area contributed by atoms with E-state index < -0.39 is 33.0 Å². The van der Waals surface area contributed by atoms with Crippen LogP contribution in [-0.2, 0) is 21.4 Å². The Labute approximate surface area is 136 Å². The second-order valence-corrected chi connectivity index (χ2v) is 6.63. The number of hydrogen-bond donors (Lipinski definition) is 1. The summed E-state index contributed by atoms with van der Waals surface area (Å²) >= 11 is 0. The number of sulfonamides is 1. The van der Waals surface area contributed by atoms with Gasteiger partial charge in [-0.25, -0.2) is 13.1 Å². The minimum atomic E-state index is -4.08. The number of aryl methyl sites for hydroxylation is 1. The van der Waals surface area contributed by atoms with Crippen molar-refractivity contribution in [2.75, 3.05) is 0 Å². The van der Waals surface area contributed by atoms with Crippen molar-refractivity contribution in [3.05, 3.63) is 68.6 Å². The van der Waals surface area contributed by atoms with Crippen LogP contribution in [0.25, 0.3) is 0 Å². The molecule has 10 heteroatoms. The van der Waals surface area contributed by atoms with Crippen molar-refractivity contribution in [3.63, 3.8) is 0 Å². The van der Waals surface area contributed by atoms with Crippen LogP contribution in [0.15, 0.2) is 52.3 Å². The Kier molecular flexibility index (Phi) is 4.79. The van der Waals surface area contributed by atoms with Gasteiger partial charge in [0, 0.05) is 12.1 Å². The van der Waals surface area contributed by atoms with Gasteiger partial charge >= 0.3 is 0 Å². The lowest BCUT2D eigenvalue weighted by Crippen LogP contribution is -2.35. The Hall–Kier alpha value is -3.01. The van der Waals surface area contributed by atoms with E-state index in [1.165, 1.54) is 12.1 Å². The highest BCUT2D eigenvalue weighted by Gasteiger charge is 2.18. The van der Waals surface area contributed by atoms with Gasteiger partial charge in [0.2, 0.25) is 0 Å². The third-order valence-corrected chi connectivity index (χ3v) is 4.46. The van der Waals surface area contributed by atoms with Crippen LogP contribution in [0.2, 0.25) is 0 Å². The zero-order valence-electron chi connectivity index (χ0n) is 12.5. The largest absolute Gasteiger partial charge is 0.299 e. The number of aromatic nitrogens is 1. The molecule has 9 nitrogen and oxygen atoms in total. The SMILES string of the molecule is Cc1ccc(S(=O)(=O)NC(=O)Cn2cc([N+](=O)[O-])ccc2=O)cc1. The van der Waals surface area contributed by atoms with Crippen molar-refractivity contribution < 1.29 is 18.1 Å². The van der Waals surface area contributed by atoms with Crippen molar-refractivity contribution >= 4 is 21.6 Å². The normalized spacial score (nSPS) is 11.0. The number of carbonyl (C=O) groups is 1. The number of carbonyl (C=O) groups excluding carboxylic acids is 1. The van der Waals surface area contributed by atoms with Crippen LogP contribution in [0.1, 0.15) is 5.56 Å². The molecular weight excluding hydrogens is 338 g/mol. The smallest absolute Gasteiger partial charge is 0.285 e. The maximum Gasteiger partial charge on any atom is 0.285 e. The zero-order valence-corrected chi connectivity index (χ0v) is 13.3. The van der Waals surface area contributed by atoms with Gasteiger partial charge in [0.05, 0.1) is 16.0 Å². The Morgan fingerprint density at radius 1 is 1.21 bits per heavy atom. The number of rotatable bonds is 5. The minimum Gasteiger partial charge on any atom is -0.299 e. The molecule has 2 aromatic rings. The van der Waals surface area contributed by atoms with Crippen molar-refractivity contribution in [3.8, 4) is 0 Å². The van der Waals surface area contributed by atoms with Gasteiger partial charge in [-0.15, -0.1) is 0 Å². The Morgan fingerprint density at radius 2 is 1.83 bits per heavy atom. The molecule has 0 unspecified atom stereocenters. The average Bonchev–Trinajstić information content (AvgIpc) is 2.49. The highest BCUT2D eigenvalue weighted by molar-refractivity contribution is 7.90. The van der Waals surface area contributed by atoms with Crippen LogP contribution >= 0.6 is 0 Å². The lowest BCUT2D eigenvalue weighted by atomic mass is 10.2. The molecule has 0 saturated carbocycles. The lowest BCUT2D eigenvalue weighted by molar-refractivity contribution is -0.385. The fourth-order valence-corrected chi connectivity index (χ4v) is 2.84. The quantitative estimate of drug-likeness (QED) is 0.619. The summed E-state index contributed by atoms with van der Waals surface area (Å²) in [5.41, 5.74) is -0.198. The molecule has 0 saturated heterocycles. The van der Waals surface area contributed by atoms with E-state index in [1.807, 2.05) is 4.72 Å². The van der Waals surface area contributed by atoms with Crippen LogP contribution in [0.3, 0.4) is 0 Å². The van der Waals surface area contributed by atoms with Gasteiger partial charge in [0.25, 0.3) is 27.2 Å². The minimum absolute atomic E-state index is 0.104. The summed E-state index contributed by atoms with van der Waals surface area (Å²) in [4.78, 5) is 33.4. The molecule has 24 heavy (non-hydrogen) atoms. The summed E-state index contributed by atoms with van der Waals surface area (Å²) < 4.78 is 26.7. The van der Waals surface area contributed by atoms with E-state index in [9.17, 15) is 28.1 Å². The van der Waals surface area contributed by atoms with Crippen LogP contribution < -0.4 is 10.3 Å². The monoisotopic (exact) mass is 351 g/mol. The number of pyridine rings is 1. The first kappa shape index (κ1) is 17.3. The van der Waals surface area contributed by atoms with E-state index in [0.29, 0.717) is 0 Å². The standard InChI is InChI=1S/C14H13N3O6S/c1-10-2-5-12(6-3-10)24(22,23)15-13(18)9-16-8-11(17(20)21)4-7-14(16)19/h2-8H,9H2,1H3,(H,15,18). The molecule has 0 fully saturated rings. The number of nitrogens with one attached hydrogen (secondary N) is 1. The maximum atomic E-state index is 12.1. The van der Waals surface area contributed by atoms with E-state index >= 15 is 0 Å². The van der Waals surface area contributed by atoms with Gasteiger partial charge in [0.15, 0.2) is 0 Å². The molecule has 0 aliphatic heterocycles. The molecular formula is C14H13N3O6S. The summed E-state index contributed by atoms with van der Waals surface area (Å²) in [6.07, 6.45) is 0.875. The third-order valence-electron chi connectivity index (χ3n) is 3.07. The van der Waals surface area contributed by atoms with Crippen molar-refractivity contribution in [1.82, 2.24) is 9.29 Å². The molecule has 0 aliphatic rings. The van der Waals surface area contributed by atoms with Crippen LogP contribution in [0.4, 0.5) is 5.69 Å². The second kappa shape index (κ2) is 6.62. The molecule has 0 radical (unpaired) electrons. The van der Waals surface area contributed by atoms with Crippen LogP contribution in [-0.4, -0.2) is 23.8 Å². The van der Waals surface area contributed by atoms with Crippen LogP contribution in [0.5, 0.6) is 0 Å². The predicted octanol–water partition coefficient (Wildman–Crippen LogP) is 0.570. The summed E-state index contributed by atoms with van der Waals surface area (Å²) in [6, 6.07) is 7.75. The van der Waals surface area contributed by atoms with Gasteiger partial charge in [0.1, 0.15) is 6.54 Å². The summed E-state index contributed by atoms with van der Waals surface area (Å²) in [5.74, 6) is -0.988. The molecule has 1 amide bonds. The van der Waals surface area contributed by atoms with Gasteiger partial charge in [-0.1, -0.05) is 17.7 Å². The molecule has 1 N–H and O–H groups in total. The second-order valence-electron chi connectivity index (χ2n) is 4.95. The molecule has 0 bridgehead atoms. The van der Waals surface area contributed by atoms with E-state index in [4.69, 9.17) is 0 Å². The van der Waals surface area contributed by atoms with Crippen molar-refractivity contribution in [1.29, 1.82) is 0 Å². The van der Waals surface area contributed by atoms with Gasteiger partial charge < -0.3 is 0 Å². The zero-order chi connectivity index (χ0) is 17.9. The van der Waals surface area contributed by atoms with Gasteiger partial charge in [-0.2, -0.15) is 0 Å². The van der Waals surface area contributed by atoms with E-state index in [-0.39, 0.29) is 10.6 Å². The van der Waals surface area contributed by atoms with Gasteiger partial charge in [-0.3, -0.25) is 24.3 Å². The van der Waals surface area contributed by atoms with Crippen molar-refractivity contribution in [2.45, 2.75) is 18.4 Å². The molecule has 126 valence electrons. The highest BCUT2D eigenvalue weighted by Crippen LogP contribution is 2.10. The number of benzene rings is 1. The number of hydrogen-bond acceptors (Lipinski definition) is 6. The predicted molar refractivity (Wildman–Crippen MR) is 83.9 cm³/mol. The third kappa shape index (κ3) is 4.04. The van der Waals surface area contributed by atoms with E-state index in [1.54, 1.807) is 19.1 Å². The molecule has 1 aromatic carbocycles. The fourth-order valence-electron chi connectivity index (χ4n) is 1.86. The van der Waals surface area contributed by atoms with E-state index in [2.05, 4.69) is 0 Å². The molecule has 0 aliphatic carbocycles.